The molecule has 1 aromatic rings. The predicted molar refractivity (Wildman–Crippen MR) is 90.2 cm³/mol. The van der Waals surface area contributed by atoms with E-state index in [1.54, 1.807) is 20.8 Å². The summed E-state index contributed by atoms with van der Waals surface area (Å²) in [6.07, 6.45) is -3.54. The van der Waals surface area contributed by atoms with E-state index in [1.807, 2.05) is 0 Å². The molecule has 10 heteroatoms. The van der Waals surface area contributed by atoms with Gasteiger partial charge in [0.2, 0.25) is 0 Å². The zero-order valence-corrected chi connectivity index (χ0v) is 14.9. The number of anilines is 1. The number of hydrogen-bond acceptors (Lipinski definition) is 6. The van der Waals surface area contributed by atoms with E-state index in [1.165, 1.54) is 17.0 Å². The minimum Gasteiger partial charge on any atom is -0.444 e. The van der Waals surface area contributed by atoms with Gasteiger partial charge in [0, 0.05) is 25.3 Å². The van der Waals surface area contributed by atoms with Crippen LogP contribution in [0, 0.1) is 0 Å². The van der Waals surface area contributed by atoms with Gasteiger partial charge < -0.3 is 15.5 Å². The highest BCUT2D eigenvalue weighted by Crippen LogP contribution is 2.39. The summed E-state index contributed by atoms with van der Waals surface area (Å²) in [6.45, 7) is 5.43. The summed E-state index contributed by atoms with van der Waals surface area (Å²) in [5.41, 5.74) is 1.64. The topological polar surface area (TPSA) is 92.5 Å². The van der Waals surface area contributed by atoms with Crippen molar-refractivity contribution in [1.82, 2.24) is 15.2 Å². The van der Waals surface area contributed by atoms with E-state index in [0.29, 0.717) is 6.42 Å². The van der Waals surface area contributed by atoms with Gasteiger partial charge >= 0.3 is 12.3 Å². The summed E-state index contributed by atoms with van der Waals surface area (Å²) in [4.78, 5) is 17.0. The summed E-state index contributed by atoms with van der Waals surface area (Å²) in [5.74, 6) is 5.47. The molecule has 0 saturated carbocycles. The molecule has 1 saturated heterocycles. The molecule has 0 radical (unpaired) electrons. The first-order valence-electron chi connectivity index (χ1n) is 8.22. The fourth-order valence-electron chi connectivity index (χ4n) is 2.87. The molecule has 4 N–H and O–H groups in total. The Labute approximate surface area is 150 Å². The van der Waals surface area contributed by atoms with E-state index < -0.39 is 30.0 Å². The van der Waals surface area contributed by atoms with E-state index in [9.17, 15) is 18.0 Å². The number of nitrogens with one attached hydrogen (secondary N) is 2. The molecule has 1 fully saturated rings. The van der Waals surface area contributed by atoms with Crippen LogP contribution in [0.2, 0.25) is 0 Å². The SMILES string of the molecule is CC(C)(C)OC(=O)N[C@@H]1CCN([C@H](c2ccc(NN)nc2)C(F)(F)F)C1. The van der Waals surface area contributed by atoms with E-state index in [2.05, 4.69) is 15.7 Å². The molecule has 0 aliphatic carbocycles. The van der Waals surface area contributed by atoms with Crippen LogP contribution < -0.4 is 16.6 Å². The van der Waals surface area contributed by atoms with Gasteiger partial charge in [0.25, 0.3) is 0 Å². The van der Waals surface area contributed by atoms with Crippen LogP contribution in [0.25, 0.3) is 0 Å². The number of alkyl carbamates (subject to hydrolysis) is 1. The van der Waals surface area contributed by atoms with Crippen molar-refractivity contribution in [3.8, 4) is 0 Å². The van der Waals surface area contributed by atoms with Gasteiger partial charge in [0.15, 0.2) is 0 Å². The van der Waals surface area contributed by atoms with Crippen LogP contribution in [-0.2, 0) is 4.74 Å². The number of carbonyl (C=O) groups is 1. The highest BCUT2D eigenvalue weighted by atomic mass is 19.4. The minimum atomic E-state index is -4.47. The number of alkyl halides is 3. The van der Waals surface area contributed by atoms with E-state index in [-0.39, 0.29) is 24.5 Å². The number of pyridine rings is 1. The number of halogens is 3. The Kier molecular flexibility index (Phi) is 5.97. The Morgan fingerprint density at radius 1 is 1.38 bits per heavy atom. The molecule has 1 aromatic heterocycles. The Balaban J connectivity index is 2.07. The summed E-state index contributed by atoms with van der Waals surface area (Å²) in [5, 5.41) is 2.63. The molecule has 2 atom stereocenters. The second-order valence-electron chi connectivity index (χ2n) is 7.19. The molecule has 146 valence electrons. The normalized spacial score (nSPS) is 19.9. The number of hydrazine groups is 1. The summed E-state index contributed by atoms with van der Waals surface area (Å²) in [6, 6.07) is 0.523. The van der Waals surface area contributed by atoms with Crippen LogP contribution >= 0.6 is 0 Å². The highest BCUT2D eigenvalue weighted by molar-refractivity contribution is 5.68. The van der Waals surface area contributed by atoms with Gasteiger partial charge in [-0.25, -0.2) is 15.6 Å². The van der Waals surface area contributed by atoms with E-state index in [0.717, 1.165) is 6.20 Å². The standard InChI is InChI=1S/C16H24F3N5O2/c1-15(2,3)26-14(25)22-11-6-7-24(9-11)13(16(17,18)19)10-4-5-12(23-20)21-8-10/h4-5,8,11,13H,6-7,9,20H2,1-3H3,(H,21,23)(H,22,25)/t11-,13-/m1/s1. The summed E-state index contributed by atoms with van der Waals surface area (Å²) in [7, 11) is 0. The lowest BCUT2D eigenvalue weighted by Gasteiger charge is -2.30. The molecule has 0 spiro atoms. The van der Waals surface area contributed by atoms with Crippen molar-refractivity contribution in [2.45, 2.75) is 51.1 Å². The van der Waals surface area contributed by atoms with Gasteiger partial charge in [0.05, 0.1) is 0 Å². The van der Waals surface area contributed by atoms with E-state index in [4.69, 9.17) is 10.6 Å². The molecule has 0 bridgehead atoms. The number of carbonyl (C=O) groups excluding carboxylic acids is 1. The fourth-order valence-corrected chi connectivity index (χ4v) is 2.87. The minimum absolute atomic E-state index is 0.0226. The lowest BCUT2D eigenvalue weighted by atomic mass is 10.1. The van der Waals surface area contributed by atoms with E-state index >= 15 is 0 Å². The molecule has 0 unspecified atom stereocenters. The number of nitrogens with two attached hydrogens (primary N) is 1. The van der Waals surface area contributed by atoms with Gasteiger partial charge in [-0.1, -0.05) is 6.07 Å². The first-order valence-corrected chi connectivity index (χ1v) is 8.22. The van der Waals surface area contributed by atoms with Crippen molar-refractivity contribution in [3.05, 3.63) is 23.9 Å². The van der Waals surface area contributed by atoms with Gasteiger partial charge in [0.1, 0.15) is 17.5 Å². The number of hydrogen-bond donors (Lipinski definition) is 3. The molecule has 2 rings (SSSR count). The number of rotatable bonds is 4. The van der Waals surface area contributed by atoms with Crippen LogP contribution in [0.1, 0.15) is 38.8 Å². The molecule has 1 aliphatic heterocycles. The summed E-state index contributed by atoms with van der Waals surface area (Å²) >= 11 is 0. The third kappa shape index (κ3) is 5.46. The maximum absolute atomic E-state index is 13.6. The lowest BCUT2D eigenvalue weighted by molar-refractivity contribution is -0.183. The lowest BCUT2D eigenvalue weighted by Crippen LogP contribution is -2.42. The Hall–Kier alpha value is -2.07. The van der Waals surface area contributed by atoms with Crippen molar-refractivity contribution < 1.29 is 22.7 Å². The van der Waals surface area contributed by atoms with Crippen LogP contribution in [-0.4, -0.2) is 46.9 Å². The van der Waals surface area contributed by atoms with Crippen LogP contribution in [0.5, 0.6) is 0 Å². The zero-order chi connectivity index (χ0) is 19.5. The second-order valence-corrected chi connectivity index (χ2v) is 7.19. The fraction of sp³-hybridized carbons (Fsp3) is 0.625. The largest absolute Gasteiger partial charge is 0.444 e. The number of amides is 1. The maximum atomic E-state index is 13.6. The molecule has 0 aromatic carbocycles. The van der Waals surface area contributed by atoms with Crippen molar-refractivity contribution >= 4 is 11.9 Å². The van der Waals surface area contributed by atoms with Crippen molar-refractivity contribution in [2.75, 3.05) is 18.5 Å². The zero-order valence-electron chi connectivity index (χ0n) is 14.9. The smallest absolute Gasteiger partial charge is 0.408 e. The average Bonchev–Trinajstić information content (AvgIpc) is 2.92. The van der Waals surface area contributed by atoms with Gasteiger partial charge in [-0.15, -0.1) is 0 Å². The molecule has 1 aliphatic rings. The number of likely N-dealkylation sites (tertiary alicyclic amines) is 1. The Morgan fingerprint density at radius 2 is 2.08 bits per heavy atom. The van der Waals surface area contributed by atoms with Crippen LogP contribution in [0.3, 0.4) is 0 Å². The molecule has 26 heavy (non-hydrogen) atoms. The maximum Gasteiger partial charge on any atom is 0.408 e. The molecule has 1 amide bonds. The first-order chi connectivity index (χ1) is 12.0. The third-order valence-electron chi connectivity index (χ3n) is 3.87. The van der Waals surface area contributed by atoms with Gasteiger partial charge in [-0.2, -0.15) is 13.2 Å². The first kappa shape index (κ1) is 20.2. The number of ether oxygens (including phenoxy) is 1. The van der Waals surface area contributed by atoms with Crippen molar-refractivity contribution in [1.29, 1.82) is 0 Å². The Morgan fingerprint density at radius 3 is 2.58 bits per heavy atom. The Bertz CT molecular complexity index is 616. The third-order valence-corrected chi connectivity index (χ3v) is 3.87. The average molecular weight is 375 g/mol. The molecular weight excluding hydrogens is 351 g/mol. The van der Waals surface area contributed by atoms with Gasteiger partial charge in [-0.05, 0) is 38.8 Å². The highest BCUT2D eigenvalue weighted by Gasteiger charge is 2.47. The van der Waals surface area contributed by atoms with Crippen LogP contribution in [0.15, 0.2) is 18.3 Å². The second kappa shape index (κ2) is 7.67. The quantitative estimate of drug-likeness (QED) is 0.553. The summed E-state index contributed by atoms with van der Waals surface area (Å²) < 4.78 is 46.0. The number of nitrogens with zero attached hydrogens (tertiary/aromatic N) is 2. The number of nitrogen functional groups attached to an aromatic ring is 1. The molecule has 2 heterocycles. The van der Waals surface area contributed by atoms with Crippen molar-refractivity contribution in [2.24, 2.45) is 5.84 Å². The molecule has 7 nitrogen and oxygen atoms in total. The van der Waals surface area contributed by atoms with Gasteiger partial charge in [-0.3, -0.25) is 4.90 Å². The van der Waals surface area contributed by atoms with Crippen LogP contribution in [0.4, 0.5) is 23.8 Å². The van der Waals surface area contributed by atoms with Crippen molar-refractivity contribution in [3.63, 3.8) is 0 Å². The molecular formula is C16H24F3N5O2. The number of aromatic nitrogens is 1. The predicted octanol–water partition coefficient (Wildman–Crippen LogP) is 2.57. The monoisotopic (exact) mass is 375 g/mol.